The molecule has 0 heterocycles. The average Bonchev–Trinajstić information content (AvgIpc) is 2.85. The first-order chi connectivity index (χ1) is 12.0. The number of amides is 1. The van der Waals surface area contributed by atoms with Crippen molar-refractivity contribution in [2.75, 3.05) is 34.4 Å². The lowest BCUT2D eigenvalue weighted by molar-refractivity contribution is -0.123. The second kappa shape index (κ2) is 9.09. The second-order valence-electron chi connectivity index (χ2n) is 7.25. The fourth-order valence-corrected chi connectivity index (χ4v) is 3.52. The minimum atomic E-state index is -0.0897. The lowest BCUT2D eigenvalue weighted by Crippen LogP contribution is -2.53. The first-order valence-corrected chi connectivity index (χ1v) is 9.18. The Kier molecular flexibility index (Phi) is 7.12. The van der Waals surface area contributed by atoms with Gasteiger partial charge in [0, 0.05) is 12.1 Å². The quantitative estimate of drug-likeness (QED) is 0.769. The normalized spacial score (nSPS) is 17.0. The Balaban J connectivity index is 1.89. The van der Waals surface area contributed by atoms with Crippen LogP contribution >= 0.6 is 0 Å². The van der Waals surface area contributed by atoms with Crippen LogP contribution in [0.25, 0.3) is 0 Å². The zero-order chi connectivity index (χ0) is 18.3. The van der Waals surface area contributed by atoms with Crippen molar-refractivity contribution in [1.29, 1.82) is 0 Å². The van der Waals surface area contributed by atoms with Crippen molar-refractivity contribution in [3.8, 4) is 11.5 Å². The Morgan fingerprint density at radius 3 is 2.44 bits per heavy atom. The number of carbonyl (C=O) groups excluding carboxylic acids is 1. The maximum absolute atomic E-state index is 12.3. The fourth-order valence-electron chi connectivity index (χ4n) is 3.52. The lowest BCUT2D eigenvalue weighted by atomic mass is 9.88. The largest absolute Gasteiger partial charge is 0.493 e. The molecular formula is C20H32N2O3. The SMILES string of the molecule is COc1cc(C)ccc1OCC(=O)NCC1(N(C)C)CCCCCC1. The third kappa shape index (κ3) is 5.36. The van der Waals surface area contributed by atoms with Crippen LogP contribution in [0.2, 0.25) is 0 Å². The first kappa shape index (κ1) is 19.6. The van der Waals surface area contributed by atoms with E-state index < -0.39 is 0 Å². The summed E-state index contributed by atoms with van der Waals surface area (Å²) in [6, 6.07) is 5.69. The summed E-state index contributed by atoms with van der Waals surface area (Å²) in [5, 5.41) is 3.08. The van der Waals surface area contributed by atoms with E-state index in [1.807, 2.05) is 25.1 Å². The standard InChI is InChI=1S/C20H32N2O3/c1-16-9-10-17(18(13-16)24-4)25-14-19(23)21-15-20(22(2)3)11-7-5-6-8-12-20/h9-10,13H,5-8,11-12,14-15H2,1-4H3,(H,21,23). The van der Waals surface area contributed by atoms with Crippen LogP contribution < -0.4 is 14.8 Å². The van der Waals surface area contributed by atoms with Gasteiger partial charge in [-0.2, -0.15) is 0 Å². The van der Waals surface area contributed by atoms with Gasteiger partial charge in [0.2, 0.25) is 0 Å². The number of likely N-dealkylation sites (N-methyl/N-ethyl adjacent to an activating group) is 1. The van der Waals surface area contributed by atoms with Gasteiger partial charge in [-0.25, -0.2) is 0 Å². The molecule has 1 aliphatic carbocycles. The molecule has 140 valence electrons. The molecule has 0 radical (unpaired) electrons. The number of hydrogen-bond acceptors (Lipinski definition) is 4. The Morgan fingerprint density at radius 2 is 1.84 bits per heavy atom. The smallest absolute Gasteiger partial charge is 0.258 e. The molecule has 1 N–H and O–H groups in total. The molecule has 1 saturated carbocycles. The molecule has 1 amide bonds. The minimum absolute atomic E-state index is 0.00291. The van der Waals surface area contributed by atoms with Gasteiger partial charge in [0.1, 0.15) is 0 Å². The van der Waals surface area contributed by atoms with Crippen LogP contribution in [0.1, 0.15) is 44.1 Å². The number of nitrogens with zero attached hydrogens (tertiary/aromatic N) is 1. The highest BCUT2D eigenvalue weighted by molar-refractivity contribution is 5.77. The van der Waals surface area contributed by atoms with Crippen LogP contribution in [0, 0.1) is 6.92 Å². The highest BCUT2D eigenvalue weighted by Crippen LogP contribution is 2.31. The Morgan fingerprint density at radius 1 is 1.16 bits per heavy atom. The van der Waals surface area contributed by atoms with Gasteiger partial charge in [-0.3, -0.25) is 4.79 Å². The molecule has 5 nitrogen and oxygen atoms in total. The number of ether oxygens (including phenoxy) is 2. The van der Waals surface area contributed by atoms with Crippen molar-refractivity contribution < 1.29 is 14.3 Å². The number of hydrogen-bond donors (Lipinski definition) is 1. The van der Waals surface area contributed by atoms with Crippen molar-refractivity contribution in [3.05, 3.63) is 23.8 Å². The number of nitrogens with one attached hydrogen (secondary N) is 1. The number of methoxy groups -OCH3 is 1. The first-order valence-electron chi connectivity index (χ1n) is 9.18. The van der Waals surface area contributed by atoms with Crippen LogP contribution in [0.5, 0.6) is 11.5 Å². The van der Waals surface area contributed by atoms with E-state index in [1.54, 1.807) is 7.11 Å². The molecule has 1 aromatic rings. The van der Waals surface area contributed by atoms with Crippen molar-refractivity contribution in [1.82, 2.24) is 10.2 Å². The van der Waals surface area contributed by atoms with Gasteiger partial charge in [0.05, 0.1) is 7.11 Å². The third-order valence-corrected chi connectivity index (χ3v) is 5.28. The molecular weight excluding hydrogens is 316 g/mol. The van der Waals surface area contributed by atoms with Crippen molar-refractivity contribution >= 4 is 5.91 Å². The van der Waals surface area contributed by atoms with E-state index in [-0.39, 0.29) is 18.1 Å². The van der Waals surface area contributed by atoms with E-state index in [0.717, 1.165) is 18.4 Å². The Bertz CT molecular complexity index is 564. The average molecular weight is 348 g/mol. The molecule has 2 rings (SSSR count). The maximum atomic E-state index is 12.3. The number of benzene rings is 1. The number of carbonyl (C=O) groups is 1. The van der Waals surface area contributed by atoms with Crippen LogP contribution in [-0.2, 0) is 4.79 Å². The van der Waals surface area contributed by atoms with Crippen LogP contribution in [0.4, 0.5) is 0 Å². The molecule has 1 aromatic carbocycles. The van der Waals surface area contributed by atoms with Crippen LogP contribution in [0.15, 0.2) is 18.2 Å². The lowest BCUT2D eigenvalue weighted by Gasteiger charge is -2.39. The zero-order valence-electron chi connectivity index (χ0n) is 16.1. The van der Waals surface area contributed by atoms with E-state index in [9.17, 15) is 4.79 Å². The molecule has 0 atom stereocenters. The number of aryl methyl sites for hydroxylation is 1. The molecule has 5 heteroatoms. The van der Waals surface area contributed by atoms with Crippen LogP contribution in [-0.4, -0.2) is 50.7 Å². The topological polar surface area (TPSA) is 50.8 Å². The van der Waals surface area contributed by atoms with E-state index in [0.29, 0.717) is 18.0 Å². The summed E-state index contributed by atoms with van der Waals surface area (Å²) in [6.45, 7) is 2.67. The monoisotopic (exact) mass is 348 g/mol. The molecule has 1 aliphatic rings. The summed E-state index contributed by atoms with van der Waals surface area (Å²) in [4.78, 5) is 14.6. The van der Waals surface area contributed by atoms with E-state index in [4.69, 9.17) is 9.47 Å². The van der Waals surface area contributed by atoms with Gasteiger partial charge < -0.3 is 19.7 Å². The van der Waals surface area contributed by atoms with Gasteiger partial charge >= 0.3 is 0 Å². The molecule has 0 saturated heterocycles. The zero-order valence-corrected chi connectivity index (χ0v) is 16.1. The maximum Gasteiger partial charge on any atom is 0.258 e. The van der Waals surface area contributed by atoms with Gasteiger partial charge in [-0.05, 0) is 51.6 Å². The van der Waals surface area contributed by atoms with E-state index >= 15 is 0 Å². The summed E-state index contributed by atoms with van der Waals surface area (Å²) in [5.74, 6) is 1.16. The van der Waals surface area contributed by atoms with E-state index in [1.165, 1.54) is 25.7 Å². The van der Waals surface area contributed by atoms with Gasteiger partial charge in [0.15, 0.2) is 18.1 Å². The molecule has 1 fully saturated rings. The van der Waals surface area contributed by atoms with Crippen molar-refractivity contribution in [2.45, 2.75) is 51.0 Å². The molecule has 25 heavy (non-hydrogen) atoms. The molecule has 0 bridgehead atoms. The summed E-state index contributed by atoms with van der Waals surface area (Å²) in [5.41, 5.74) is 1.16. The van der Waals surface area contributed by atoms with Gasteiger partial charge in [0.25, 0.3) is 5.91 Å². The Hall–Kier alpha value is -1.75. The predicted molar refractivity (Wildman–Crippen MR) is 100 cm³/mol. The van der Waals surface area contributed by atoms with Gasteiger partial charge in [-0.1, -0.05) is 31.7 Å². The van der Waals surface area contributed by atoms with E-state index in [2.05, 4.69) is 24.3 Å². The number of rotatable bonds is 7. The fraction of sp³-hybridized carbons (Fsp3) is 0.650. The second-order valence-corrected chi connectivity index (χ2v) is 7.25. The Labute approximate surface area is 151 Å². The molecule has 0 aromatic heterocycles. The van der Waals surface area contributed by atoms with Crippen molar-refractivity contribution in [3.63, 3.8) is 0 Å². The summed E-state index contributed by atoms with van der Waals surface area (Å²) < 4.78 is 11.0. The summed E-state index contributed by atoms with van der Waals surface area (Å²) in [6.07, 6.45) is 7.30. The highest BCUT2D eigenvalue weighted by Gasteiger charge is 2.33. The third-order valence-electron chi connectivity index (χ3n) is 5.28. The highest BCUT2D eigenvalue weighted by atomic mass is 16.5. The molecule has 0 unspecified atom stereocenters. The van der Waals surface area contributed by atoms with Crippen LogP contribution in [0.3, 0.4) is 0 Å². The molecule has 0 aliphatic heterocycles. The predicted octanol–water partition coefficient (Wildman–Crippen LogP) is 3.15. The van der Waals surface area contributed by atoms with Crippen molar-refractivity contribution in [2.24, 2.45) is 0 Å². The van der Waals surface area contributed by atoms with Gasteiger partial charge in [-0.15, -0.1) is 0 Å². The minimum Gasteiger partial charge on any atom is -0.493 e. The summed E-state index contributed by atoms with van der Waals surface area (Å²) in [7, 11) is 5.84. The molecule has 0 spiro atoms. The summed E-state index contributed by atoms with van der Waals surface area (Å²) >= 11 is 0.